The van der Waals surface area contributed by atoms with Crippen molar-refractivity contribution in [3.63, 3.8) is 0 Å². The Morgan fingerprint density at radius 3 is 2.49 bits per heavy atom. The van der Waals surface area contributed by atoms with Crippen molar-refractivity contribution in [2.45, 2.75) is 99.0 Å². The van der Waals surface area contributed by atoms with E-state index < -0.39 is 11.0 Å². The first-order chi connectivity index (χ1) is 16.4. The Balaban J connectivity index is 2.28. The van der Waals surface area contributed by atoms with Crippen LogP contribution in [0.3, 0.4) is 0 Å². The second-order valence-corrected chi connectivity index (χ2v) is 12.1. The van der Waals surface area contributed by atoms with Crippen LogP contribution in [-0.4, -0.2) is 40.4 Å². The van der Waals surface area contributed by atoms with Crippen molar-refractivity contribution in [2.24, 2.45) is 28.6 Å². The van der Waals surface area contributed by atoms with Crippen molar-refractivity contribution in [2.75, 3.05) is 13.2 Å². The van der Waals surface area contributed by atoms with Crippen LogP contribution in [0.15, 0.2) is 46.6 Å². The Hall–Kier alpha value is -1.49. The van der Waals surface area contributed by atoms with Gasteiger partial charge in [0, 0.05) is 17.9 Å². The van der Waals surface area contributed by atoms with Gasteiger partial charge in [-0.25, -0.2) is 0 Å². The predicted molar refractivity (Wildman–Crippen MR) is 145 cm³/mol. The molecule has 5 unspecified atom stereocenters. The van der Waals surface area contributed by atoms with Gasteiger partial charge in [-0.2, -0.15) is 0 Å². The summed E-state index contributed by atoms with van der Waals surface area (Å²) in [6.45, 7) is 15.0. The highest BCUT2D eigenvalue weighted by Gasteiger charge is 2.55. The second kappa shape index (κ2) is 12.2. The van der Waals surface area contributed by atoms with Gasteiger partial charge in [0.2, 0.25) is 0 Å². The molecular weight excluding hydrogens is 436 g/mol. The lowest BCUT2D eigenvalue weighted by atomic mass is 9.53. The Morgan fingerprint density at radius 2 is 1.89 bits per heavy atom. The van der Waals surface area contributed by atoms with E-state index in [1.807, 2.05) is 13.8 Å². The van der Waals surface area contributed by atoms with Gasteiger partial charge in [0.25, 0.3) is 0 Å². The first-order valence-electron chi connectivity index (χ1n) is 13.5. The first-order valence-corrected chi connectivity index (χ1v) is 13.5. The third-order valence-electron chi connectivity index (χ3n) is 9.62. The van der Waals surface area contributed by atoms with Gasteiger partial charge < -0.3 is 15.3 Å². The van der Waals surface area contributed by atoms with E-state index in [2.05, 4.69) is 58.9 Å². The van der Waals surface area contributed by atoms with Gasteiger partial charge in [-0.05, 0) is 95.5 Å². The monoisotopic (exact) mass is 486 g/mol. The fourth-order valence-corrected chi connectivity index (χ4v) is 6.57. The van der Waals surface area contributed by atoms with Crippen LogP contribution in [0, 0.1) is 28.6 Å². The van der Waals surface area contributed by atoms with Crippen molar-refractivity contribution in [1.82, 2.24) is 0 Å². The molecule has 2 aliphatic rings. The van der Waals surface area contributed by atoms with Crippen molar-refractivity contribution < 1.29 is 20.1 Å². The van der Waals surface area contributed by atoms with Gasteiger partial charge in [-0.1, -0.05) is 61.8 Å². The number of aliphatic hydroxyl groups excluding tert-OH is 2. The van der Waals surface area contributed by atoms with E-state index in [-0.39, 0.29) is 24.5 Å². The Labute approximate surface area is 213 Å². The number of carbonyl (C=O) groups excluding carboxylic acids is 1. The Kier molecular flexibility index (Phi) is 10.3. The molecule has 2 rings (SSSR count). The van der Waals surface area contributed by atoms with Gasteiger partial charge in [0.15, 0.2) is 0 Å². The fraction of sp³-hybridized carbons (Fsp3) is 0.710. The summed E-state index contributed by atoms with van der Waals surface area (Å²) in [5.74, 6) is 0.922. The van der Waals surface area contributed by atoms with Crippen LogP contribution in [0.25, 0.3) is 0 Å². The van der Waals surface area contributed by atoms with E-state index >= 15 is 0 Å². The molecule has 0 heterocycles. The molecule has 3 N–H and O–H groups in total. The average molecular weight is 487 g/mol. The zero-order valence-corrected chi connectivity index (χ0v) is 23.2. The molecular formula is C31H50O4. The summed E-state index contributed by atoms with van der Waals surface area (Å²) in [5.41, 5.74) is 2.77. The molecule has 0 amide bonds. The molecule has 0 aromatic carbocycles. The molecule has 4 heteroatoms. The van der Waals surface area contributed by atoms with Gasteiger partial charge >= 0.3 is 0 Å². The van der Waals surface area contributed by atoms with Gasteiger partial charge in [0.05, 0.1) is 12.2 Å². The smallest absolute Gasteiger partial charge is 0.145 e. The van der Waals surface area contributed by atoms with Crippen molar-refractivity contribution in [3.8, 4) is 0 Å². The number of carbonyl (C=O) groups is 1. The minimum atomic E-state index is -1.05. The van der Waals surface area contributed by atoms with Gasteiger partial charge in [-0.15, -0.1) is 0 Å². The molecule has 0 radical (unpaired) electrons. The number of allylic oxidation sites excluding steroid dienone is 8. The standard InChI is InChI=1S/C31H50O4/c1-22(12-15-27-23(2)13-14-25(4)29(27,5)6)10-8-17-31(21-34)28(11-9-19-32)26(24(3)20-33)16-18-30(31,7)35/h10,12-13,15,20,25,27-28,32,34-35H,8-9,11,14,16-19,21H2,1-7H3/b15-12+,22-10+,26-24-. The molecule has 4 nitrogen and oxygen atoms in total. The molecule has 198 valence electrons. The van der Waals surface area contributed by atoms with E-state index in [0.29, 0.717) is 49.5 Å². The third-order valence-corrected chi connectivity index (χ3v) is 9.62. The summed E-state index contributed by atoms with van der Waals surface area (Å²) in [5, 5.41) is 31.7. The molecule has 0 aromatic heterocycles. The van der Waals surface area contributed by atoms with E-state index in [9.17, 15) is 20.1 Å². The summed E-state index contributed by atoms with van der Waals surface area (Å²) in [6.07, 6.45) is 14.9. The molecule has 5 atom stereocenters. The highest BCUT2D eigenvalue weighted by atomic mass is 16.3. The minimum absolute atomic E-state index is 0.0569. The number of aldehydes is 1. The normalized spacial score (nSPS) is 35.2. The topological polar surface area (TPSA) is 77.8 Å². The molecule has 35 heavy (non-hydrogen) atoms. The maximum Gasteiger partial charge on any atom is 0.145 e. The largest absolute Gasteiger partial charge is 0.396 e. The first kappa shape index (κ1) is 29.7. The van der Waals surface area contributed by atoms with E-state index in [4.69, 9.17) is 0 Å². The number of rotatable bonds is 10. The van der Waals surface area contributed by atoms with Crippen molar-refractivity contribution in [3.05, 3.63) is 46.6 Å². The molecule has 0 aliphatic heterocycles. The van der Waals surface area contributed by atoms with E-state index in [1.165, 1.54) is 11.1 Å². The van der Waals surface area contributed by atoms with E-state index in [0.717, 1.165) is 24.7 Å². The SMILES string of the molecule is CC1=CCC(C)C(C)(C)C1/C=C/C(C)=C/CCC1(CO)C(CCCO)/C(=C(/C)C=O)CCC1(C)O. The summed E-state index contributed by atoms with van der Waals surface area (Å²) in [4.78, 5) is 11.6. The molecule has 0 aromatic rings. The van der Waals surface area contributed by atoms with E-state index in [1.54, 1.807) is 0 Å². The molecule has 0 spiro atoms. The number of aliphatic hydroxyl groups is 3. The number of hydrogen-bond donors (Lipinski definition) is 3. The molecule has 0 saturated heterocycles. The minimum Gasteiger partial charge on any atom is -0.396 e. The molecule has 1 saturated carbocycles. The molecule has 0 bridgehead atoms. The molecule has 2 aliphatic carbocycles. The fourth-order valence-electron chi connectivity index (χ4n) is 6.57. The lowest BCUT2D eigenvalue weighted by Gasteiger charge is -2.54. The van der Waals surface area contributed by atoms with Gasteiger partial charge in [0.1, 0.15) is 6.29 Å². The Morgan fingerprint density at radius 1 is 1.20 bits per heavy atom. The lowest BCUT2D eigenvalue weighted by molar-refractivity contribution is -0.146. The van der Waals surface area contributed by atoms with Crippen LogP contribution in [0.4, 0.5) is 0 Å². The van der Waals surface area contributed by atoms with Gasteiger partial charge in [-0.3, -0.25) is 4.79 Å². The maximum atomic E-state index is 11.6. The predicted octanol–water partition coefficient (Wildman–Crippen LogP) is 6.33. The highest BCUT2D eigenvalue weighted by Crippen LogP contribution is 2.55. The number of hydrogen-bond acceptors (Lipinski definition) is 4. The highest BCUT2D eigenvalue weighted by molar-refractivity contribution is 5.74. The van der Waals surface area contributed by atoms with Crippen LogP contribution in [0.5, 0.6) is 0 Å². The molecule has 1 fully saturated rings. The van der Waals surface area contributed by atoms with Crippen LogP contribution in [-0.2, 0) is 4.79 Å². The average Bonchev–Trinajstić information content (AvgIpc) is 2.80. The van der Waals surface area contributed by atoms with Crippen molar-refractivity contribution in [1.29, 1.82) is 0 Å². The zero-order chi connectivity index (χ0) is 26.4. The van der Waals surface area contributed by atoms with Crippen molar-refractivity contribution >= 4 is 6.29 Å². The zero-order valence-electron chi connectivity index (χ0n) is 23.2. The summed E-state index contributed by atoms with van der Waals surface area (Å²) in [7, 11) is 0. The van der Waals surface area contributed by atoms with Crippen LogP contribution >= 0.6 is 0 Å². The summed E-state index contributed by atoms with van der Waals surface area (Å²) in [6, 6.07) is 0. The summed E-state index contributed by atoms with van der Waals surface area (Å²) < 4.78 is 0. The van der Waals surface area contributed by atoms with Crippen LogP contribution in [0.2, 0.25) is 0 Å². The van der Waals surface area contributed by atoms with Crippen LogP contribution < -0.4 is 0 Å². The Bertz CT molecular complexity index is 857. The second-order valence-electron chi connectivity index (χ2n) is 12.1. The van der Waals surface area contributed by atoms with Crippen LogP contribution in [0.1, 0.15) is 93.4 Å². The third kappa shape index (κ3) is 6.26. The quantitative estimate of drug-likeness (QED) is 0.146. The maximum absolute atomic E-state index is 11.6. The lowest BCUT2D eigenvalue weighted by Crippen LogP contribution is -2.56. The summed E-state index contributed by atoms with van der Waals surface area (Å²) >= 11 is 0.